The van der Waals surface area contributed by atoms with Gasteiger partial charge in [0.2, 0.25) is 0 Å². The molecule has 0 saturated carbocycles. The highest BCUT2D eigenvalue weighted by atomic mass is 35.5. The van der Waals surface area contributed by atoms with Gasteiger partial charge >= 0.3 is 0 Å². The van der Waals surface area contributed by atoms with Gasteiger partial charge in [-0.2, -0.15) is 0 Å². The van der Waals surface area contributed by atoms with Crippen molar-refractivity contribution in [3.63, 3.8) is 0 Å². The van der Waals surface area contributed by atoms with E-state index < -0.39 is 0 Å². The van der Waals surface area contributed by atoms with E-state index in [0.29, 0.717) is 17.1 Å². The van der Waals surface area contributed by atoms with E-state index in [0.717, 1.165) is 26.0 Å². The first-order valence-electron chi connectivity index (χ1n) is 5.68. The van der Waals surface area contributed by atoms with Crippen LogP contribution in [-0.4, -0.2) is 29.2 Å². The lowest BCUT2D eigenvalue weighted by atomic mass is 10.1. The summed E-state index contributed by atoms with van der Waals surface area (Å²) in [5, 5.41) is 3.60. The Morgan fingerprint density at radius 3 is 3.00 bits per heavy atom. The number of halogens is 1. The van der Waals surface area contributed by atoms with Gasteiger partial charge in [0.15, 0.2) is 11.0 Å². The fourth-order valence-electron chi connectivity index (χ4n) is 1.83. The van der Waals surface area contributed by atoms with Crippen LogP contribution < -0.4 is 5.32 Å². The largest absolute Gasteiger partial charge is 0.378 e. The molecule has 0 aliphatic carbocycles. The summed E-state index contributed by atoms with van der Waals surface area (Å²) in [5.41, 5.74) is 0. The number of hydrogen-bond acceptors (Lipinski definition) is 4. The van der Waals surface area contributed by atoms with Crippen LogP contribution in [-0.2, 0) is 4.74 Å². The number of anilines is 1. The fraction of sp³-hybridized carbons (Fsp3) is 0.636. The summed E-state index contributed by atoms with van der Waals surface area (Å²) in [6, 6.07) is 0. The lowest BCUT2D eigenvalue weighted by Crippen LogP contribution is -2.22. The predicted octanol–water partition coefficient (Wildman–Crippen LogP) is 2.50. The highest BCUT2D eigenvalue weighted by Crippen LogP contribution is 2.17. The normalized spacial score (nSPS) is 20.7. The molecule has 1 aliphatic heterocycles. The topological polar surface area (TPSA) is 47.0 Å². The van der Waals surface area contributed by atoms with E-state index in [-0.39, 0.29) is 0 Å². The van der Waals surface area contributed by atoms with Gasteiger partial charge in [0.05, 0.1) is 6.10 Å². The maximum atomic E-state index is 5.88. The van der Waals surface area contributed by atoms with E-state index in [1.165, 1.54) is 12.8 Å². The minimum absolute atomic E-state index is 0.386. The Labute approximate surface area is 100 Å². The molecule has 2 rings (SSSR count). The minimum Gasteiger partial charge on any atom is -0.378 e. The van der Waals surface area contributed by atoms with Crippen LogP contribution in [0.4, 0.5) is 5.82 Å². The Balaban J connectivity index is 1.73. The van der Waals surface area contributed by atoms with Crippen LogP contribution in [0.5, 0.6) is 0 Å². The highest BCUT2D eigenvalue weighted by molar-refractivity contribution is 6.31. The van der Waals surface area contributed by atoms with E-state index in [4.69, 9.17) is 16.3 Å². The molecule has 1 fully saturated rings. The lowest BCUT2D eigenvalue weighted by molar-refractivity contribution is 0.0134. The molecular formula is C11H16ClN3O. The van der Waals surface area contributed by atoms with Crippen molar-refractivity contribution >= 4 is 17.4 Å². The summed E-state index contributed by atoms with van der Waals surface area (Å²) in [4.78, 5) is 8.07. The van der Waals surface area contributed by atoms with Crippen LogP contribution in [0.15, 0.2) is 12.4 Å². The number of rotatable bonds is 4. The summed E-state index contributed by atoms with van der Waals surface area (Å²) < 4.78 is 5.64. The molecule has 5 heteroatoms. The number of nitrogens with zero attached hydrogens (tertiary/aromatic N) is 2. The molecule has 0 aromatic carbocycles. The second-order valence-electron chi connectivity index (χ2n) is 3.90. The Hall–Kier alpha value is -0.870. The van der Waals surface area contributed by atoms with Crippen molar-refractivity contribution in [3.8, 4) is 0 Å². The average Bonchev–Trinajstić information content (AvgIpc) is 2.33. The van der Waals surface area contributed by atoms with Crippen LogP contribution in [0.25, 0.3) is 0 Å². The van der Waals surface area contributed by atoms with Crippen molar-refractivity contribution < 1.29 is 4.74 Å². The van der Waals surface area contributed by atoms with E-state index in [2.05, 4.69) is 15.3 Å². The van der Waals surface area contributed by atoms with Gasteiger partial charge in [0.25, 0.3) is 0 Å². The third-order valence-corrected chi connectivity index (χ3v) is 2.96. The summed E-state index contributed by atoms with van der Waals surface area (Å²) in [5.74, 6) is 0.653. The Bertz CT molecular complexity index is 329. The average molecular weight is 242 g/mol. The van der Waals surface area contributed by atoms with Crippen molar-refractivity contribution in [3.05, 3.63) is 17.5 Å². The molecule has 0 bridgehead atoms. The van der Waals surface area contributed by atoms with Crippen molar-refractivity contribution in [1.29, 1.82) is 0 Å². The predicted molar refractivity (Wildman–Crippen MR) is 63.7 cm³/mol. The number of nitrogens with one attached hydrogen (secondary N) is 1. The van der Waals surface area contributed by atoms with Crippen LogP contribution in [0.2, 0.25) is 5.15 Å². The number of aromatic nitrogens is 2. The highest BCUT2D eigenvalue weighted by Gasteiger charge is 2.13. The quantitative estimate of drug-likeness (QED) is 0.880. The molecule has 1 aromatic rings. The van der Waals surface area contributed by atoms with Crippen LogP contribution in [0.3, 0.4) is 0 Å². The van der Waals surface area contributed by atoms with E-state index in [9.17, 15) is 0 Å². The summed E-state index contributed by atoms with van der Waals surface area (Å²) >= 11 is 5.88. The monoisotopic (exact) mass is 241 g/mol. The van der Waals surface area contributed by atoms with E-state index in [1.54, 1.807) is 12.4 Å². The third-order valence-electron chi connectivity index (χ3n) is 2.69. The molecule has 1 atom stereocenters. The number of ether oxygens (including phenoxy) is 1. The molecule has 2 heterocycles. The summed E-state index contributed by atoms with van der Waals surface area (Å²) in [7, 11) is 0. The van der Waals surface area contributed by atoms with Gasteiger partial charge in [0, 0.05) is 25.5 Å². The second-order valence-corrected chi connectivity index (χ2v) is 4.26. The number of hydrogen-bond donors (Lipinski definition) is 1. The summed E-state index contributed by atoms with van der Waals surface area (Å²) in [6.07, 6.45) is 8.22. The Morgan fingerprint density at radius 1 is 1.38 bits per heavy atom. The second kappa shape index (κ2) is 6.01. The van der Waals surface area contributed by atoms with Gasteiger partial charge in [-0.3, -0.25) is 0 Å². The fourth-order valence-corrected chi connectivity index (χ4v) is 2.00. The molecule has 4 nitrogen and oxygen atoms in total. The smallest absolute Gasteiger partial charge is 0.171 e. The van der Waals surface area contributed by atoms with Gasteiger partial charge in [-0.25, -0.2) is 9.97 Å². The molecule has 0 amide bonds. The van der Waals surface area contributed by atoms with E-state index in [1.807, 2.05) is 0 Å². The molecule has 1 unspecified atom stereocenters. The first kappa shape index (κ1) is 11.6. The molecule has 1 N–H and O–H groups in total. The van der Waals surface area contributed by atoms with Gasteiger partial charge in [-0.15, -0.1) is 0 Å². The van der Waals surface area contributed by atoms with Crippen LogP contribution in [0, 0.1) is 0 Å². The molecule has 1 saturated heterocycles. The standard InChI is InChI=1S/C11H16ClN3O/c12-10-11(15-7-6-13-10)14-5-4-9-3-1-2-8-16-9/h6-7,9H,1-5,8H2,(H,14,15). The van der Waals surface area contributed by atoms with Gasteiger partial charge in [-0.1, -0.05) is 11.6 Å². The maximum absolute atomic E-state index is 5.88. The van der Waals surface area contributed by atoms with Crippen LogP contribution in [0.1, 0.15) is 25.7 Å². The lowest BCUT2D eigenvalue weighted by Gasteiger charge is -2.22. The van der Waals surface area contributed by atoms with Gasteiger partial charge in [-0.05, 0) is 25.7 Å². The first-order chi connectivity index (χ1) is 7.86. The minimum atomic E-state index is 0.386. The molecule has 16 heavy (non-hydrogen) atoms. The zero-order valence-corrected chi connectivity index (χ0v) is 9.91. The van der Waals surface area contributed by atoms with Crippen molar-refractivity contribution in [2.24, 2.45) is 0 Å². The SMILES string of the molecule is Clc1nccnc1NCCC1CCCCO1. The molecular weight excluding hydrogens is 226 g/mol. The van der Waals surface area contributed by atoms with E-state index >= 15 is 0 Å². The van der Waals surface area contributed by atoms with Crippen molar-refractivity contribution in [1.82, 2.24) is 9.97 Å². The molecule has 0 spiro atoms. The Morgan fingerprint density at radius 2 is 2.25 bits per heavy atom. The molecule has 1 aromatic heterocycles. The molecule has 0 radical (unpaired) electrons. The first-order valence-corrected chi connectivity index (χ1v) is 6.06. The Kier molecular flexibility index (Phi) is 4.36. The van der Waals surface area contributed by atoms with Crippen molar-refractivity contribution in [2.45, 2.75) is 31.8 Å². The van der Waals surface area contributed by atoms with Crippen LogP contribution >= 0.6 is 11.6 Å². The van der Waals surface area contributed by atoms with Crippen molar-refractivity contribution in [2.75, 3.05) is 18.5 Å². The van der Waals surface area contributed by atoms with Gasteiger partial charge in [0.1, 0.15) is 0 Å². The summed E-state index contributed by atoms with van der Waals surface area (Å²) in [6.45, 7) is 1.72. The zero-order chi connectivity index (χ0) is 11.2. The third kappa shape index (κ3) is 3.32. The van der Waals surface area contributed by atoms with Gasteiger partial charge < -0.3 is 10.1 Å². The molecule has 1 aliphatic rings. The maximum Gasteiger partial charge on any atom is 0.171 e. The zero-order valence-electron chi connectivity index (χ0n) is 9.16. The molecule has 88 valence electrons.